The zero-order valence-corrected chi connectivity index (χ0v) is 17.1. The van der Waals surface area contributed by atoms with Gasteiger partial charge < -0.3 is 19.6 Å². The number of fused-ring (bicyclic) bond motifs is 1. The number of nitrogens with zero attached hydrogens (tertiary/aromatic N) is 1. The number of aromatic amines is 1. The van der Waals surface area contributed by atoms with Crippen molar-refractivity contribution >= 4 is 22.6 Å². The standard InChI is InChI=1S/C22H21F3N2O5/c1-31-10-11-32-9-8-27(21(29)30)15-7-6-14-12-19(26-20(28)17(14)13-15)16-4-2-3-5-18(16)22(23,24)25/h2-7,12-13H,8-11H2,1H3,(H,26,28)(H,29,30). The van der Waals surface area contributed by atoms with Gasteiger partial charge in [-0.15, -0.1) is 0 Å². The molecular formula is C22H21F3N2O5. The Morgan fingerprint density at radius 3 is 2.53 bits per heavy atom. The molecule has 0 atom stereocenters. The number of amides is 1. The van der Waals surface area contributed by atoms with Crippen LogP contribution in [0.3, 0.4) is 0 Å². The van der Waals surface area contributed by atoms with Crippen LogP contribution in [0.1, 0.15) is 5.56 Å². The van der Waals surface area contributed by atoms with Crippen molar-refractivity contribution in [2.45, 2.75) is 6.18 Å². The Hall–Kier alpha value is -3.37. The summed E-state index contributed by atoms with van der Waals surface area (Å²) >= 11 is 0. The van der Waals surface area contributed by atoms with E-state index in [0.717, 1.165) is 11.0 Å². The van der Waals surface area contributed by atoms with Crippen molar-refractivity contribution in [2.75, 3.05) is 38.4 Å². The van der Waals surface area contributed by atoms with Crippen LogP contribution in [0.25, 0.3) is 22.0 Å². The second-order valence-corrected chi connectivity index (χ2v) is 6.87. The number of rotatable bonds is 8. The molecule has 0 fully saturated rings. The van der Waals surface area contributed by atoms with E-state index in [1.165, 1.54) is 49.6 Å². The molecule has 0 aliphatic heterocycles. The van der Waals surface area contributed by atoms with E-state index in [1.807, 2.05) is 0 Å². The molecule has 1 amide bonds. The first kappa shape index (κ1) is 23.3. The van der Waals surface area contributed by atoms with E-state index in [1.54, 1.807) is 0 Å². The number of anilines is 1. The third-order valence-corrected chi connectivity index (χ3v) is 4.79. The second kappa shape index (κ2) is 9.84. The smallest absolute Gasteiger partial charge is 0.417 e. The summed E-state index contributed by atoms with van der Waals surface area (Å²) in [7, 11) is 1.52. The number of alkyl halides is 3. The zero-order valence-electron chi connectivity index (χ0n) is 17.1. The van der Waals surface area contributed by atoms with E-state index in [0.29, 0.717) is 18.6 Å². The molecule has 0 spiro atoms. The maximum Gasteiger partial charge on any atom is 0.417 e. The lowest BCUT2D eigenvalue weighted by molar-refractivity contribution is -0.137. The van der Waals surface area contributed by atoms with Crippen LogP contribution in [0.15, 0.2) is 53.3 Å². The average molecular weight is 450 g/mol. The lowest BCUT2D eigenvalue weighted by Gasteiger charge is -2.20. The zero-order chi connectivity index (χ0) is 23.3. The van der Waals surface area contributed by atoms with E-state index in [4.69, 9.17) is 9.47 Å². The molecule has 0 radical (unpaired) electrons. The van der Waals surface area contributed by atoms with Gasteiger partial charge in [0.25, 0.3) is 5.56 Å². The summed E-state index contributed by atoms with van der Waals surface area (Å²) in [6.45, 7) is 0.832. The van der Waals surface area contributed by atoms with Crippen LogP contribution in [0.4, 0.5) is 23.7 Å². The first-order valence-corrected chi connectivity index (χ1v) is 9.63. The molecule has 32 heavy (non-hydrogen) atoms. The molecule has 3 aromatic rings. The number of benzene rings is 2. The van der Waals surface area contributed by atoms with Gasteiger partial charge in [0.05, 0.1) is 31.9 Å². The van der Waals surface area contributed by atoms with Crippen LogP contribution >= 0.6 is 0 Å². The predicted octanol–water partition coefficient (Wildman–Crippen LogP) is 4.36. The SMILES string of the molecule is COCCOCCN(C(=O)O)c1ccc2cc(-c3ccccc3C(F)(F)F)[nH]c(=O)c2c1. The number of nitrogens with one attached hydrogen (secondary N) is 1. The Kier molecular flexibility index (Phi) is 7.16. The lowest BCUT2D eigenvalue weighted by Crippen LogP contribution is -2.33. The number of hydrogen-bond acceptors (Lipinski definition) is 4. The summed E-state index contributed by atoms with van der Waals surface area (Å²) in [4.78, 5) is 27.8. The third-order valence-electron chi connectivity index (χ3n) is 4.79. The van der Waals surface area contributed by atoms with Gasteiger partial charge in [-0.25, -0.2) is 4.79 Å². The van der Waals surface area contributed by atoms with E-state index >= 15 is 0 Å². The van der Waals surface area contributed by atoms with Crippen LogP contribution in [-0.2, 0) is 15.7 Å². The molecule has 1 heterocycles. The van der Waals surface area contributed by atoms with Crippen molar-refractivity contribution in [1.82, 2.24) is 4.98 Å². The van der Waals surface area contributed by atoms with Gasteiger partial charge in [-0.3, -0.25) is 9.69 Å². The number of H-pyrrole nitrogens is 1. The highest BCUT2D eigenvalue weighted by molar-refractivity contribution is 5.93. The van der Waals surface area contributed by atoms with Crippen LogP contribution in [0, 0.1) is 0 Å². The maximum absolute atomic E-state index is 13.4. The quantitative estimate of drug-likeness (QED) is 0.498. The van der Waals surface area contributed by atoms with Crippen LogP contribution < -0.4 is 10.5 Å². The van der Waals surface area contributed by atoms with Crippen LogP contribution in [-0.4, -0.2) is 49.7 Å². The molecule has 2 N–H and O–H groups in total. The molecule has 0 aliphatic rings. The lowest BCUT2D eigenvalue weighted by atomic mass is 10.0. The molecule has 7 nitrogen and oxygen atoms in total. The van der Waals surface area contributed by atoms with Crippen molar-refractivity contribution in [3.05, 3.63) is 64.4 Å². The molecule has 0 saturated heterocycles. The van der Waals surface area contributed by atoms with Gasteiger partial charge in [0.1, 0.15) is 0 Å². The fraction of sp³-hybridized carbons (Fsp3) is 0.273. The number of pyridine rings is 1. The van der Waals surface area contributed by atoms with Crippen molar-refractivity contribution in [1.29, 1.82) is 0 Å². The molecule has 2 aromatic carbocycles. The number of hydrogen-bond donors (Lipinski definition) is 2. The van der Waals surface area contributed by atoms with E-state index in [-0.39, 0.29) is 35.5 Å². The molecule has 0 aliphatic carbocycles. The highest BCUT2D eigenvalue weighted by atomic mass is 19.4. The molecule has 0 saturated carbocycles. The molecule has 1 aromatic heterocycles. The molecule has 170 valence electrons. The topological polar surface area (TPSA) is 91.9 Å². The van der Waals surface area contributed by atoms with E-state index in [2.05, 4.69) is 4.98 Å². The number of methoxy groups -OCH3 is 1. The number of ether oxygens (including phenoxy) is 2. The minimum atomic E-state index is -4.58. The molecule has 3 rings (SSSR count). The maximum atomic E-state index is 13.4. The first-order chi connectivity index (χ1) is 15.2. The van der Waals surface area contributed by atoms with Crippen molar-refractivity contribution in [2.24, 2.45) is 0 Å². The third kappa shape index (κ3) is 5.27. The van der Waals surface area contributed by atoms with Gasteiger partial charge in [0, 0.05) is 29.4 Å². The monoisotopic (exact) mass is 450 g/mol. The normalized spacial score (nSPS) is 11.6. The number of halogens is 3. The Morgan fingerprint density at radius 2 is 1.84 bits per heavy atom. The summed E-state index contributed by atoms with van der Waals surface area (Å²) in [5.74, 6) is 0. The summed E-state index contributed by atoms with van der Waals surface area (Å²) < 4.78 is 50.3. The minimum absolute atomic E-state index is 0.0183. The van der Waals surface area contributed by atoms with E-state index in [9.17, 15) is 27.9 Å². The summed E-state index contributed by atoms with van der Waals surface area (Å²) in [5, 5.41) is 10.1. The van der Waals surface area contributed by atoms with Gasteiger partial charge in [-0.05, 0) is 29.7 Å². The number of carbonyl (C=O) groups is 1. The van der Waals surface area contributed by atoms with E-state index < -0.39 is 23.4 Å². The minimum Gasteiger partial charge on any atom is -0.465 e. The largest absolute Gasteiger partial charge is 0.465 e. The highest BCUT2D eigenvalue weighted by Crippen LogP contribution is 2.36. The molecule has 0 unspecified atom stereocenters. The van der Waals surface area contributed by atoms with Crippen LogP contribution in [0.2, 0.25) is 0 Å². The summed E-state index contributed by atoms with van der Waals surface area (Å²) in [6.07, 6.45) is -5.81. The van der Waals surface area contributed by atoms with Gasteiger partial charge in [-0.2, -0.15) is 13.2 Å². The summed E-state index contributed by atoms with van der Waals surface area (Å²) in [5.41, 5.74) is -1.38. The Morgan fingerprint density at radius 1 is 1.09 bits per heavy atom. The fourth-order valence-corrected chi connectivity index (χ4v) is 3.26. The highest BCUT2D eigenvalue weighted by Gasteiger charge is 2.33. The van der Waals surface area contributed by atoms with Gasteiger partial charge in [0.2, 0.25) is 0 Å². The van der Waals surface area contributed by atoms with Crippen molar-refractivity contribution in [3.8, 4) is 11.3 Å². The average Bonchev–Trinajstić information content (AvgIpc) is 2.75. The van der Waals surface area contributed by atoms with Gasteiger partial charge >= 0.3 is 12.3 Å². The fourth-order valence-electron chi connectivity index (χ4n) is 3.26. The number of aromatic nitrogens is 1. The van der Waals surface area contributed by atoms with Crippen molar-refractivity contribution in [3.63, 3.8) is 0 Å². The van der Waals surface area contributed by atoms with Gasteiger partial charge in [0.15, 0.2) is 0 Å². The molecule has 10 heteroatoms. The second-order valence-electron chi connectivity index (χ2n) is 6.87. The Bertz CT molecular complexity index is 1160. The Labute approximate surface area is 181 Å². The molecular weight excluding hydrogens is 429 g/mol. The number of carboxylic acid groups (broad SMARTS) is 1. The van der Waals surface area contributed by atoms with Crippen LogP contribution in [0.5, 0.6) is 0 Å². The van der Waals surface area contributed by atoms with Gasteiger partial charge in [-0.1, -0.05) is 24.3 Å². The molecule has 0 bridgehead atoms. The predicted molar refractivity (Wildman–Crippen MR) is 113 cm³/mol. The Balaban J connectivity index is 1.95. The first-order valence-electron chi connectivity index (χ1n) is 9.63. The summed E-state index contributed by atoms with van der Waals surface area (Å²) in [6, 6.07) is 10.8. The van der Waals surface area contributed by atoms with Crippen molar-refractivity contribution < 1.29 is 32.5 Å².